The van der Waals surface area contributed by atoms with Gasteiger partial charge in [-0.05, 0) is 37.5 Å². The first-order valence-electron chi connectivity index (χ1n) is 11.5. The predicted octanol–water partition coefficient (Wildman–Crippen LogP) is 3.25. The molecule has 9 heteroatoms. The third-order valence-electron chi connectivity index (χ3n) is 6.34. The first-order valence-corrected chi connectivity index (χ1v) is 11.5. The summed E-state index contributed by atoms with van der Waals surface area (Å²) in [4.78, 5) is 53.3. The molecule has 2 heterocycles. The number of para-hydroxylation sites is 1. The zero-order valence-corrected chi connectivity index (χ0v) is 20.3. The maximum absolute atomic E-state index is 13.3. The molecule has 2 aliphatic heterocycles. The van der Waals surface area contributed by atoms with Gasteiger partial charge in [0.15, 0.2) is 0 Å². The fraction of sp³-hybridized carbons (Fsp3) is 0.385. The zero-order valence-electron chi connectivity index (χ0n) is 20.3. The van der Waals surface area contributed by atoms with Gasteiger partial charge in [-0.25, -0.2) is 4.79 Å². The Morgan fingerprint density at radius 2 is 1.57 bits per heavy atom. The molecule has 2 aliphatic rings. The molecule has 2 fully saturated rings. The van der Waals surface area contributed by atoms with Crippen LogP contribution in [0, 0.1) is 0 Å². The molecule has 35 heavy (non-hydrogen) atoms. The lowest BCUT2D eigenvalue weighted by molar-refractivity contribution is -0.135. The van der Waals surface area contributed by atoms with E-state index < -0.39 is 11.5 Å². The van der Waals surface area contributed by atoms with Gasteiger partial charge in [0.05, 0.1) is 12.7 Å². The van der Waals surface area contributed by atoms with Gasteiger partial charge in [-0.15, -0.1) is 0 Å². The summed E-state index contributed by atoms with van der Waals surface area (Å²) in [5.74, 6) is -0.575. The molecule has 0 unspecified atom stereocenters. The number of urea groups is 1. The van der Waals surface area contributed by atoms with Crippen LogP contribution in [0.3, 0.4) is 0 Å². The standard InChI is InChI=1S/C24H27N3O4.C2H4O2/c1-3-26-22(29)24(27(23(26)30)17-18-9-5-4-6-10-18)13-15-25(16-14-24)21(28)19-11-7-8-12-20(19)31-2;1-2(3)4/h4-12H,3,13-17H2,1-2H3;1H3,(H,3,4). The Hall–Kier alpha value is -3.88. The highest BCUT2D eigenvalue weighted by Crippen LogP contribution is 2.39. The molecule has 9 nitrogen and oxygen atoms in total. The quantitative estimate of drug-likeness (QED) is 0.657. The maximum Gasteiger partial charge on any atom is 0.327 e. The summed E-state index contributed by atoms with van der Waals surface area (Å²) in [7, 11) is 1.54. The Bertz CT molecular complexity index is 1080. The van der Waals surface area contributed by atoms with Gasteiger partial charge in [-0.1, -0.05) is 42.5 Å². The molecule has 2 aromatic carbocycles. The number of amides is 4. The number of carboxylic acid groups (broad SMARTS) is 1. The van der Waals surface area contributed by atoms with Crippen LogP contribution in [0.2, 0.25) is 0 Å². The van der Waals surface area contributed by atoms with E-state index in [0.717, 1.165) is 12.5 Å². The number of hydrogen-bond donors (Lipinski definition) is 1. The number of methoxy groups -OCH3 is 1. The molecular formula is C26H31N3O6. The molecule has 2 aromatic rings. The topological polar surface area (TPSA) is 107 Å². The Balaban J connectivity index is 0.000000795. The number of carbonyl (C=O) groups excluding carboxylic acids is 3. The molecule has 0 atom stereocenters. The highest BCUT2D eigenvalue weighted by atomic mass is 16.5. The molecule has 4 rings (SSSR count). The van der Waals surface area contributed by atoms with E-state index >= 15 is 0 Å². The summed E-state index contributed by atoms with van der Waals surface area (Å²) >= 11 is 0. The first kappa shape index (κ1) is 25.7. The minimum absolute atomic E-state index is 0.119. The third-order valence-corrected chi connectivity index (χ3v) is 6.34. The number of carbonyl (C=O) groups is 4. The number of carboxylic acids is 1. The van der Waals surface area contributed by atoms with Gasteiger partial charge in [0.2, 0.25) is 0 Å². The van der Waals surface area contributed by atoms with Gasteiger partial charge in [0.25, 0.3) is 17.8 Å². The van der Waals surface area contributed by atoms with Crippen molar-refractivity contribution in [1.82, 2.24) is 14.7 Å². The number of ether oxygens (including phenoxy) is 1. The van der Waals surface area contributed by atoms with Crippen LogP contribution in [0.5, 0.6) is 5.75 Å². The van der Waals surface area contributed by atoms with Crippen molar-refractivity contribution < 1.29 is 29.0 Å². The molecule has 1 spiro atoms. The average Bonchev–Trinajstić information content (AvgIpc) is 3.05. The number of likely N-dealkylation sites (tertiary alicyclic amines) is 1. The molecule has 0 saturated carbocycles. The van der Waals surface area contributed by atoms with Crippen LogP contribution in [-0.4, -0.2) is 75.9 Å². The van der Waals surface area contributed by atoms with E-state index in [2.05, 4.69) is 0 Å². The number of likely N-dealkylation sites (N-methyl/N-ethyl adjacent to an activating group) is 1. The van der Waals surface area contributed by atoms with E-state index in [9.17, 15) is 14.4 Å². The third kappa shape index (κ3) is 5.29. The highest BCUT2D eigenvalue weighted by molar-refractivity contribution is 6.07. The summed E-state index contributed by atoms with van der Waals surface area (Å²) in [6, 6.07) is 16.6. The van der Waals surface area contributed by atoms with E-state index in [-0.39, 0.29) is 17.8 Å². The summed E-state index contributed by atoms with van der Waals surface area (Å²) < 4.78 is 5.33. The average molecular weight is 482 g/mol. The predicted molar refractivity (Wildman–Crippen MR) is 129 cm³/mol. The van der Waals surface area contributed by atoms with Gasteiger partial charge in [-0.2, -0.15) is 0 Å². The van der Waals surface area contributed by atoms with Crippen molar-refractivity contribution in [3.8, 4) is 5.75 Å². The van der Waals surface area contributed by atoms with E-state index in [0.29, 0.717) is 50.3 Å². The smallest absolute Gasteiger partial charge is 0.327 e. The van der Waals surface area contributed by atoms with Gasteiger partial charge < -0.3 is 19.6 Å². The van der Waals surface area contributed by atoms with Crippen LogP contribution in [-0.2, 0) is 16.1 Å². The number of aliphatic carboxylic acids is 1. The largest absolute Gasteiger partial charge is 0.496 e. The van der Waals surface area contributed by atoms with Gasteiger partial charge >= 0.3 is 6.03 Å². The van der Waals surface area contributed by atoms with Crippen molar-refractivity contribution >= 4 is 23.8 Å². The van der Waals surface area contributed by atoms with Crippen molar-refractivity contribution in [1.29, 1.82) is 0 Å². The Morgan fingerprint density at radius 3 is 2.14 bits per heavy atom. The second kappa shape index (κ2) is 11.0. The molecule has 1 N–H and O–H groups in total. The Kier molecular flexibility index (Phi) is 8.11. The van der Waals surface area contributed by atoms with Crippen molar-refractivity contribution in [2.75, 3.05) is 26.7 Å². The minimum Gasteiger partial charge on any atom is -0.496 e. The van der Waals surface area contributed by atoms with Crippen LogP contribution in [0.15, 0.2) is 54.6 Å². The number of benzene rings is 2. The molecule has 186 valence electrons. The summed E-state index contributed by atoms with van der Waals surface area (Å²) in [6.45, 7) is 4.42. The highest BCUT2D eigenvalue weighted by Gasteiger charge is 2.57. The van der Waals surface area contributed by atoms with Crippen LogP contribution >= 0.6 is 0 Å². The number of hydrogen-bond acceptors (Lipinski definition) is 5. The lowest BCUT2D eigenvalue weighted by atomic mass is 9.85. The van der Waals surface area contributed by atoms with Crippen molar-refractivity contribution in [2.45, 2.75) is 38.8 Å². The molecule has 0 aromatic heterocycles. The van der Waals surface area contributed by atoms with Gasteiger partial charge in [0, 0.05) is 33.1 Å². The van der Waals surface area contributed by atoms with Crippen LogP contribution in [0.25, 0.3) is 0 Å². The van der Waals surface area contributed by atoms with E-state index in [4.69, 9.17) is 14.6 Å². The summed E-state index contributed by atoms with van der Waals surface area (Å²) in [5, 5.41) is 7.42. The first-order chi connectivity index (χ1) is 16.7. The summed E-state index contributed by atoms with van der Waals surface area (Å²) in [6.07, 6.45) is 0.837. The van der Waals surface area contributed by atoms with E-state index in [1.165, 1.54) is 4.90 Å². The number of imide groups is 1. The normalized spacial score (nSPS) is 16.7. The summed E-state index contributed by atoms with van der Waals surface area (Å²) in [5.41, 5.74) is 0.583. The minimum atomic E-state index is -0.902. The van der Waals surface area contributed by atoms with Crippen LogP contribution < -0.4 is 4.74 Å². The SMILES string of the molecule is CC(=O)O.CCN1C(=O)N(Cc2ccccc2)C2(CCN(C(=O)c3ccccc3OC)CC2)C1=O. The molecule has 0 bridgehead atoms. The maximum atomic E-state index is 13.3. The molecule has 0 aliphatic carbocycles. The second-order valence-electron chi connectivity index (χ2n) is 8.45. The number of nitrogens with zero attached hydrogens (tertiary/aromatic N) is 3. The molecule has 0 radical (unpaired) electrons. The fourth-order valence-electron chi connectivity index (χ4n) is 4.60. The zero-order chi connectivity index (χ0) is 25.6. The van der Waals surface area contributed by atoms with Crippen molar-refractivity contribution in [3.63, 3.8) is 0 Å². The monoisotopic (exact) mass is 481 g/mol. The lowest BCUT2D eigenvalue weighted by Crippen LogP contribution is -2.57. The van der Waals surface area contributed by atoms with Gasteiger partial charge in [-0.3, -0.25) is 19.3 Å². The Morgan fingerprint density at radius 1 is 1.00 bits per heavy atom. The number of piperidine rings is 1. The molecule has 2 saturated heterocycles. The van der Waals surface area contributed by atoms with E-state index in [1.807, 2.05) is 43.3 Å². The molecule has 4 amide bonds. The Labute approximate surface area is 204 Å². The molecular weight excluding hydrogens is 450 g/mol. The van der Waals surface area contributed by atoms with Gasteiger partial charge in [0.1, 0.15) is 11.3 Å². The van der Waals surface area contributed by atoms with Crippen molar-refractivity contribution in [3.05, 3.63) is 65.7 Å². The van der Waals surface area contributed by atoms with Crippen LogP contribution in [0.4, 0.5) is 4.79 Å². The number of rotatable bonds is 5. The van der Waals surface area contributed by atoms with Crippen molar-refractivity contribution in [2.24, 2.45) is 0 Å². The lowest BCUT2D eigenvalue weighted by Gasteiger charge is -2.42. The fourth-order valence-corrected chi connectivity index (χ4v) is 4.60. The van der Waals surface area contributed by atoms with E-state index in [1.54, 1.807) is 35.1 Å². The second-order valence-corrected chi connectivity index (χ2v) is 8.45. The van der Waals surface area contributed by atoms with Crippen LogP contribution in [0.1, 0.15) is 42.6 Å².